The fraction of sp³-hybridized carbons (Fsp3) is 0.316. The second-order valence-corrected chi connectivity index (χ2v) is 6.91. The predicted octanol–water partition coefficient (Wildman–Crippen LogP) is 4.06. The number of nitro benzene ring substituents is 1. The topological polar surface area (TPSA) is 125 Å². The van der Waals surface area contributed by atoms with Crippen LogP contribution in [0.1, 0.15) is 40.1 Å². The van der Waals surface area contributed by atoms with Gasteiger partial charge in [-0.05, 0) is 39.8 Å². The molecule has 3 rings (SSSR count). The first kappa shape index (κ1) is 21.3. The van der Waals surface area contributed by atoms with Gasteiger partial charge in [-0.15, -0.1) is 0 Å². The van der Waals surface area contributed by atoms with Crippen molar-refractivity contribution in [3.05, 3.63) is 61.7 Å². The normalized spacial score (nSPS) is 10.8. The lowest BCUT2D eigenvalue weighted by atomic mass is 10.1. The molecule has 0 bridgehead atoms. The molecule has 0 aliphatic heterocycles. The van der Waals surface area contributed by atoms with Crippen LogP contribution in [0.4, 0.5) is 11.4 Å². The second kappa shape index (κ2) is 8.54. The first-order chi connectivity index (χ1) is 14.2. The Labute approximate surface area is 176 Å². The first-order valence-electron chi connectivity index (χ1n) is 9.10. The zero-order valence-corrected chi connectivity index (χ0v) is 17.6. The summed E-state index contributed by atoms with van der Waals surface area (Å²) in [5.74, 6) is 0.133. The van der Waals surface area contributed by atoms with Gasteiger partial charge in [0, 0.05) is 5.56 Å². The molecule has 10 nitrogen and oxygen atoms in total. The van der Waals surface area contributed by atoms with Gasteiger partial charge in [-0.25, -0.2) is 0 Å². The van der Waals surface area contributed by atoms with E-state index in [0.29, 0.717) is 34.4 Å². The van der Waals surface area contributed by atoms with Gasteiger partial charge in [0.1, 0.15) is 17.2 Å². The minimum absolute atomic E-state index is 0.0133. The number of nitro groups is 1. The van der Waals surface area contributed by atoms with E-state index in [1.807, 2.05) is 6.92 Å². The molecule has 0 saturated carbocycles. The lowest BCUT2D eigenvalue weighted by Crippen LogP contribution is -2.17. The predicted molar refractivity (Wildman–Crippen MR) is 109 cm³/mol. The number of carbonyl (C=O) groups is 1. The summed E-state index contributed by atoms with van der Waals surface area (Å²) in [5.41, 5.74) is 1.65. The number of rotatable bonds is 7. The molecule has 30 heavy (non-hydrogen) atoms. The molecule has 0 saturated heterocycles. The smallest absolute Gasteiger partial charge is 0.296 e. The van der Waals surface area contributed by atoms with Gasteiger partial charge in [0.25, 0.3) is 11.6 Å². The van der Waals surface area contributed by atoms with Crippen LogP contribution in [0.2, 0.25) is 5.02 Å². The van der Waals surface area contributed by atoms with Crippen molar-refractivity contribution in [1.29, 1.82) is 0 Å². The molecule has 0 aliphatic carbocycles. The van der Waals surface area contributed by atoms with E-state index < -0.39 is 10.8 Å². The number of halogens is 1. The number of hydrogen-bond donors (Lipinski definition) is 1. The summed E-state index contributed by atoms with van der Waals surface area (Å²) in [6.45, 7) is 7.61. The van der Waals surface area contributed by atoms with E-state index in [1.165, 1.54) is 12.1 Å². The fourth-order valence-corrected chi connectivity index (χ4v) is 3.08. The maximum Gasteiger partial charge on any atom is 0.296 e. The van der Waals surface area contributed by atoms with Crippen LogP contribution in [-0.2, 0) is 6.54 Å². The van der Waals surface area contributed by atoms with Crippen molar-refractivity contribution in [2.45, 2.75) is 34.2 Å². The van der Waals surface area contributed by atoms with Crippen LogP contribution in [0.5, 0.6) is 5.75 Å². The molecule has 1 N–H and O–H groups in total. The number of anilines is 1. The zero-order valence-electron chi connectivity index (χ0n) is 16.9. The Morgan fingerprint density at radius 3 is 2.70 bits per heavy atom. The van der Waals surface area contributed by atoms with E-state index in [9.17, 15) is 14.9 Å². The summed E-state index contributed by atoms with van der Waals surface area (Å²) in [7, 11) is 0. The van der Waals surface area contributed by atoms with Crippen molar-refractivity contribution < 1.29 is 19.0 Å². The fourth-order valence-electron chi connectivity index (χ4n) is 2.94. The summed E-state index contributed by atoms with van der Waals surface area (Å²) < 4.78 is 12.1. The molecule has 0 atom stereocenters. The Kier molecular flexibility index (Phi) is 6.06. The molecule has 2 heterocycles. The highest BCUT2D eigenvalue weighted by atomic mass is 35.5. The van der Waals surface area contributed by atoms with E-state index in [0.717, 1.165) is 5.69 Å². The maximum absolute atomic E-state index is 12.8. The number of ether oxygens (including phenoxy) is 1. The Hall–Kier alpha value is -3.40. The van der Waals surface area contributed by atoms with Crippen LogP contribution in [0.25, 0.3) is 0 Å². The molecule has 0 unspecified atom stereocenters. The second-order valence-electron chi connectivity index (χ2n) is 6.53. The average Bonchev–Trinajstić information content (AvgIpc) is 3.18. The van der Waals surface area contributed by atoms with E-state index >= 15 is 0 Å². The molecule has 1 aromatic carbocycles. The molecule has 0 spiro atoms. The molecule has 0 radical (unpaired) electrons. The van der Waals surface area contributed by atoms with Crippen molar-refractivity contribution in [3.8, 4) is 5.75 Å². The molecule has 158 valence electrons. The van der Waals surface area contributed by atoms with E-state index in [2.05, 4.69) is 15.6 Å². The van der Waals surface area contributed by atoms with E-state index in [4.69, 9.17) is 20.9 Å². The van der Waals surface area contributed by atoms with Gasteiger partial charge in [0.15, 0.2) is 5.69 Å². The number of nitrogens with zero attached hydrogens (tertiary/aromatic N) is 4. The number of amides is 1. The third-order valence-corrected chi connectivity index (χ3v) is 5.07. The minimum Gasteiger partial charge on any atom is -0.494 e. The first-order valence-corrected chi connectivity index (χ1v) is 9.48. The maximum atomic E-state index is 12.8. The van der Waals surface area contributed by atoms with E-state index in [1.54, 1.807) is 31.5 Å². The van der Waals surface area contributed by atoms with Gasteiger partial charge < -0.3 is 14.6 Å². The molecule has 1 amide bonds. The Morgan fingerprint density at radius 1 is 1.37 bits per heavy atom. The largest absolute Gasteiger partial charge is 0.494 e. The Bertz CT molecular complexity index is 1120. The van der Waals surface area contributed by atoms with Gasteiger partial charge in [-0.1, -0.05) is 16.8 Å². The highest BCUT2D eigenvalue weighted by Crippen LogP contribution is 2.30. The van der Waals surface area contributed by atoms with Crippen molar-refractivity contribution in [2.24, 2.45) is 0 Å². The highest BCUT2D eigenvalue weighted by molar-refractivity contribution is 6.31. The molecule has 3 aromatic rings. The Balaban J connectivity index is 1.90. The van der Waals surface area contributed by atoms with Crippen LogP contribution in [0, 0.1) is 30.9 Å². The van der Waals surface area contributed by atoms with Crippen LogP contribution in [0.3, 0.4) is 0 Å². The van der Waals surface area contributed by atoms with E-state index in [-0.39, 0.29) is 23.6 Å². The number of benzene rings is 1. The van der Waals surface area contributed by atoms with Gasteiger partial charge in [-0.3, -0.25) is 19.6 Å². The van der Waals surface area contributed by atoms with Crippen molar-refractivity contribution >= 4 is 28.9 Å². The molecule has 0 aliphatic rings. The minimum atomic E-state index is -0.637. The third kappa shape index (κ3) is 4.13. The van der Waals surface area contributed by atoms with Crippen molar-refractivity contribution in [2.75, 3.05) is 11.9 Å². The van der Waals surface area contributed by atoms with Crippen LogP contribution in [0.15, 0.2) is 22.7 Å². The monoisotopic (exact) mass is 433 g/mol. The average molecular weight is 434 g/mol. The quantitative estimate of drug-likeness (QED) is 0.439. The van der Waals surface area contributed by atoms with Crippen molar-refractivity contribution in [3.63, 3.8) is 0 Å². The van der Waals surface area contributed by atoms with Gasteiger partial charge in [0.2, 0.25) is 0 Å². The Morgan fingerprint density at radius 2 is 2.10 bits per heavy atom. The lowest BCUT2D eigenvalue weighted by molar-refractivity contribution is -0.384. The number of hydrogen-bond acceptors (Lipinski definition) is 7. The van der Waals surface area contributed by atoms with Gasteiger partial charge in [-0.2, -0.15) is 5.10 Å². The SMILES string of the molecule is CCOc1ccc(NC(=O)c2noc(C)c2Cn2nc(C)c(Cl)c2C)c([N+](=O)[O-])c1. The highest BCUT2D eigenvalue weighted by Gasteiger charge is 2.24. The summed E-state index contributed by atoms with van der Waals surface area (Å²) in [5, 5.41) is 22.7. The standard InChI is InChI=1S/C19H20ClN5O5/c1-5-29-13-6-7-15(16(8-13)25(27)28)21-19(26)18-14(12(4)30-23-18)9-24-11(3)17(20)10(2)22-24/h6-8H,5,9H2,1-4H3,(H,21,26). The summed E-state index contributed by atoms with van der Waals surface area (Å²) in [6, 6.07) is 4.21. The van der Waals surface area contributed by atoms with Crippen LogP contribution < -0.4 is 10.1 Å². The summed E-state index contributed by atoms with van der Waals surface area (Å²) in [6.07, 6.45) is 0. The number of aryl methyl sites for hydroxylation is 2. The van der Waals surface area contributed by atoms with Gasteiger partial charge in [0.05, 0.1) is 40.6 Å². The molecule has 0 fully saturated rings. The van der Waals surface area contributed by atoms with Gasteiger partial charge >= 0.3 is 0 Å². The number of carbonyl (C=O) groups excluding carboxylic acids is 1. The zero-order chi connectivity index (χ0) is 22.0. The molecular weight excluding hydrogens is 414 g/mol. The van der Waals surface area contributed by atoms with Crippen molar-refractivity contribution in [1.82, 2.24) is 14.9 Å². The summed E-state index contributed by atoms with van der Waals surface area (Å²) in [4.78, 5) is 23.7. The van der Waals surface area contributed by atoms with Crippen LogP contribution >= 0.6 is 11.6 Å². The van der Waals surface area contributed by atoms with Crippen LogP contribution in [-0.4, -0.2) is 32.4 Å². The lowest BCUT2D eigenvalue weighted by Gasteiger charge is -2.09. The molecule has 2 aromatic heterocycles. The number of aromatic nitrogens is 3. The molecular formula is C19H20ClN5O5. The third-order valence-electron chi connectivity index (χ3n) is 4.53. The number of nitrogens with one attached hydrogen (secondary N) is 1. The molecule has 11 heteroatoms. The summed E-state index contributed by atoms with van der Waals surface area (Å²) >= 11 is 6.19.